The highest BCUT2D eigenvalue weighted by atomic mass is 16.4. The molecule has 19 heavy (non-hydrogen) atoms. The van der Waals surface area contributed by atoms with Crippen LogP contribution in [0.15, 0.2) is 18.3 Å². The molecular formula is C14H21N3O2. The molecule has 5 heteroatoms. The molecule has 2 rings (SSSR count). The lowest BCUT2D eigenvalue weighted by Gasteiger charge is -2.20. The zero-order valence-corrected chi connectivity index (χ0v) is 11.5. The van der Waals surface area contributed by atoms with Crippen LogP contribution in [-0.4, -0.2) is 46.6 Å². The van der Waals surface area contributed by atoms with Gasteiger partial charge in [0.15, 0.2) is 0 Å². The first-order valence-electron chi connectivity index (χ1n) is 6.73. The number of aromatic carboxylic acids is 1. The summed E-state index contributed by atoms with van der Waals surface area (Å²) in [6.45, 7) is 7.66. The van der Waals surface area contributed by atoms with Crippen molar-refractivity contribution in [2.45, 2.75) is 26.3 Å². The number of rotatable bonds is 5. The number of hydrogen-bond acceptors (Lipinski definition) is 4. The van der Waals surface area contributed by atoms with Crippen molar-refractivity contribution in [2.75, 3.05) is 25.0 Å². The number of aromatic nitrogens is 1. The maximum Gasteiger partial charge on any atom is 0.354 e. The van der Waals surface area contributed by atoms with Crippen molar-refractivity contribution in [3.63, 3.8) is 0 Å². The fourth-order valence-electron chi connectivity index (χ4n) is 2.39. The van der Waals surface area contributed by atoms with Crippen molar-refractivity contribution < 1.29 is 9.90 Å². The number of pyridine rings is 1. The third-order valence-electron chi connectivity index (χ3n) is 3.63. The minimum absolute atomic E-state index is 0.0809. The Balaban J connectivity index is 1.81. The summed E-state index contributed by atoms with van der Waals surface area (Å²) in [6.07, 6.45) is 2.80. The SMILES string of the molecule is CC(C)N1CCC(CNc2ccc(C(=O)O)nc2)C1. The van der Waals surface area contributed by atoms with E-state index in [1.54, 1.807) is 12.3 Å². The van der Waals surface area contributed by atoms with Gasteiger partial charge in [0, 0.05) is 19.1 Å². The van der Waals surface area contributed by atoms with Gasteiger partial charge in [0.25, 0.3) is 0 Å². The smallest absolute Gasteiger partial charge is 0.354 e. The van der Waals surface area contributed by atoms with Gasteiger partial charge < -0.3 is 15.3 Å². The highest BCUT2D eigenvalue weighted by molar-refractivity contribution is 5.85. The first kappa shape index (κ1) is 13.8. The molecular weight excluding hydrogens is 242 g/mol. The van der Waals surface area contributed by atoms with Gasteiger partial charge in [0.1, 0.15) is 5.69 Å². The van der Waals surface area contributed by atoms with E-state index in [1.807, 2.05) is 0 Å². The third-order valence-corrected chi connectivity index (χ3v) is 3.63. The molecule has 2 heterocycles. The second kappa shape index (κ2) is 6.02. The van der Waals surface area contributed by atoms with Crippen LogP contribution in [-0.2, 0) is 0 Å². The summed E-state index contributed by atoms with van der Waals surface area (Å²) >= 11 is 0. The Morgan fingerprint density at radius 1 is 1.58 bits per heavy atom. The first-order valence-corrected chi connectivity index (χ1v) is 6.73. The summed E-state index contributed by atoms with van der Waals surface area (Å²) < 4.78 is 0. The van der Waals surface area contributed by atoms with Gasteiger partial charge in [-0.25, -0.2) is 9.78 Å². The molecule has 0 amide bonds. The number of nitrogens with one attached hydrogen (secondary N) is 1. The zero-order valence-electron chi connectivity index (χ0n) is 11.5. The van der Waals surface area contributed by atoms with E-state index in [0.29, 0.717) is 12.0 Å². The zero-order chi connectivity index (χ0) is 13.8. The molecule has 0 bridgehead atoms. The van der Waals surface area contributed by atoms with E-state index in [1.165, 1.54) is 19.0 Å². The summed E-state index contributed by atoms with van der Waals surface area (Å²) in [4.78, 5) is 17.1. The Bertz CT molecular complexity index is 431. The van der Waals surface area contributed by atoms with E-state index in [9.17, 15) is 4.79 Å². The summed E-state index contributed by atoms with van der Waals surface area (Å²) in [6, 6.07) is 3.91. The monoisotopic (exact) mass is 263 g/mol. The first-order chi connectivity index (χ1) is 9.06. The molecule has 0 saturated carbocycles. The van der Waals surface area contributed by atoms with E-state index >= 15 is 0 Å². The van der Waals surface area contributed by atoms with Crippen LogP contribution in [0.2, 0.25) is 0 Å². The van der Waals surface area contributed by atoms with Crippen molar-refractivity contribution >= 4 is 11.7 Å². The number of carbonyl (C=O) groups is 1. The highest BCUT2D eigenvalue weighted by Gasteiger charge is 2.23. The van der Waals surface area contributed by atoms with Crippen molar-refractivity contribution in [3.8, 4) is 0 Å². The van der Waals surface area contributed by atoms with Crippen LogP contribution in [0.4, 0.5) is 5.69 Å². The van der Waals surface area contributed by atoms with Crippen molar-refractivity contribution in [1.29, 1.82) is 0 Å². The molecule has 1 aliphatic heterocycles. The van der Waals surface area contributed by atoms with Gasteiger partial charge in [-0.3, -0.25) is 0 Å². The highest BCUT2D eigenvalue weighted by Crippen LogP contribution is 2.19. The fourth-order valence-corrected chi connectivity index (χ4v) is 2.39. The van der Waals surface area contributed by atoms with Gasteiger partial charge >= 0.3 is 5.97 Å². The van der Waals surface area contributed by atoms with Crippen LogP contribution in [0.3, 0.4) is 0 Å². The average Bonchev–Trinajstić information content (AvgIpc) is 2.86. The fraction of sp³-hybridized carbons (Fsp3) is 0.571. The molecule has 5 nitrogen and oxygen atoms in total. The normalized spacial score (nSPS) is 19.8. The number of hydrogen-bond donors (Lipinski definition) is 2. The molecule has 104 valence electrons. The molecule has 1 aliphatic rings. The van der Waals surface area contributed by atoms with E-state index in [-0.39, 0.29) is 5.69 Å². The summed E-state index contributed by atoms with van der Waals surface area (Å²) in [5.41, 5.74) is 0.963. The second-order valence-electron chi connectivity index (χ2n) is 5.36. The van der Waals surface area contributed by atoms with Crippen LogP contribution in [0.5, 0.6) is 0 Å². The minimum Gasteiger partial charge on any atom is -0.477 e. The number of carboxylic acid groups (broad SMARTS) is 1. The lowest BCUT2D eigenvalue weighted by atomic mass is 10.1. The Morgan fingerprint density at radius 3 is 2.89 bits per heavy atom. The van der Waals surface area contributed by atoms with Crippen molar-refractivity contribution in [2.24, 2.45) is 5.92 Å². The molecule has 1 aromatic heterocycles. The lowest BCUT2D eigenvalue weighted by molar-refractivity contribution is 0.0690. The lowest BCUT2D eigenvalue weighted by Crippen LogP contribution is -2.29. The number of carboxylic acids is 1. The molecule has 0 spiro atoms. The Labute approximate surface area is 113 Å². The summed E-state index contributed by atoms with van der Waals surface area (Å²) in [7, 11) is 0. The van der Waals surface area contributed by atoms with Crippen LogP contribution in [0, 0.1) is 5.92 Å². The maximum atomic E-state index is 10.7. The number of anilines is 1. The molecule has 0 aromatic carbocycles. The molecule has 1 unspecified atom stereocenters. The largest absolute Gasteiger partial charge is 0.477 e. The Hall–Kier alpha value is -1.62. The van der Waals surface area contributed by atoms with Gasteiger partial charge in [0.05, 0.1) is 11.9 Å². The van der Waals surface area contributed by atoms with Crippen LogP contribution in [0.25, 0.3) is 0 Å². The molecule has 2 N–H and O–H groups in total. The van der Waals surface area contributed by atoms with Gasteiger partial charge in [-0.2, -0.15) is 0 Å². The topological polar surface area (TPSA) is 65.5 Å². The molecule has 1 fully saturated rings. The summed E-state index contributed by atoms with van der Waals surface area (Å²) in [5.74, 6) is -0.337. The van der Waals surface area contributed by atoms with Crippen LogP contribution >= 0.6 is 0 Å². The minimum atomic E-state index is -0.991. The van der Waals surface area contributed by atoms with Gasteiger partial charge in [0.2, 0.25) is 0 Å². The standard InChI is InChI=1S/C14H21N3O2/c1-10(2)17-6-5-11(9-17)7-15-12-3-4-13(14(18)19)16-8-12/h3-4,8,10-11,15H,5-7,9H2,1-2H3,(H,18,19). The molecule has 1 aromatic rings. The molecule has 1 saturated heterocycles. The van der Waals surface area contributed by atoms with E-state index < -0.39 is 5.97 Å². The Morgan fingerprint density at radius 2 is 2.37 bits per heavy atom. The number of nitrogens with zero attached hydrogens (tertiary/aromatic N) is 2. The second-order valence-corrected chi connectivity index (χ2v) is 5.36. The van der Waals surface area contributed by atoms with E-state index in [0.717, 1.165) is 18.8 Å². The van der Waals surface area contributed by atoms with Gasteiger partial charge in [-0.05, 0) is 44.9 Å². The van der Waals surface area contributed by atoms with Crippen molar-refractivity contribution in [3.05, 3.63) is 24.0 Å². The quantitative estimate of drug-likeness (QED) is 0.849. The van der Waals surface area contributed by atoms with Crippen LogP contribution < -0.4 is 5.32 Å². The third kappa shape index (κ3) is 3.67. The van der Waals surface area contributed by atoms with Gasteiger partial charge in [-0.15, -0.1) is 0 Å². The van der Waals surface area contributed by atoms with Crippen LogP contribution in [0.1, 0.15) is 30.8 Å². The predicted molar refractivity (Wildman–Crippen MR) is 74.5 cm³/mol. The maximum absolute atomic E-state index is 10.7. The predicted octanol–water partition coefficient (Wildman–Crippen LogP) is 1.92. The van der Waals surface area contributed by atoms with Crippen molar-refractivity contribution in [1.82, 2.24) is 9.88 Å². The molecule has 0 radical (unpaired) electrons. The van der Waals surface area contributed by atoms with E-state index in [2.05, 4.69) is 29.0 Å². The summed E-state index contributed by atoms with van der Waals surface area (Å²) in [5, 5.41) is 12.1. The average molecular weight is 263 g/mol. The van der Waals surface area contributed by atoms with Gasteiger partial charge in [-0.1, -0.05) is 0 Å². The number of likely N-dealkylation sites (tertiary alicyclic amines) is 1. The molecule has 1 atom stereocenters. The molecule has 0 aliphatic carbocycles. The van der Waals surface area contributed by atoms with E-state index in [4.69, 9.17) is 5.11 Å². The Kier molecular flexibility index (Phi) is 4.37.